The van der Waals surface area contributed by atoms with Crippen LogP contribution in [-0.4, -0.2) is 35.7 Å². The van der Waals surface area contributed by atoms with E-state index >= 15 is 0 Å². The maximum Gasteiger partial charge on any atom is 0.433 e. The lowest BCUT2D eigenvalue weighted by Crippen LogP contribution is -2.56. The number of pyridine rings is 1. The number of alkyl halides is 3. The van der Waals surface area contributed by atoms with Crippen LogP contribution in [-0.2, 0) is 10.9 Å². The second kappa shape index (κ2) is 8.38. The summed E-state index contributed by atoms with van der Waals surface area (Å²) in [6.07, 6.45) is -3.17. The summed E-state index contributed by atoms with van der Waals surface area (Å²) in [6, 6.07) is 12.3. The lowest BCUT2D eigenvalue weighted by atomic mass is 9.97. The van der Waals surface area contributed by atoms with Crippen LogP contribution in [0.25, 0.3) is 11.1 Å². The monoisotopic (exact) mass is 483 g/mol. The molecule has 2 aliphatic heterocycles. The second-order valence-corrected chi connectivity index (χ2v) is 8.48. The number of fused-ring (bicyclic) bond motifs is 1. The number of halogens is 3. The van der Waals surface area contributed by atoms with Gasteiger partial charge in [-0.1, -0.05) is 12.1 Å². The molecule has 3 aromatic rings. The molecule has 1 fully saturated rings. The van der Waals surface area contributed by atoms with E-state index in [0.29, 0.717) is 36.1 Å². The number of carbonyl (C=O) groups is 2. The van der Waals surface area contributed by atoms with Gasteiger partial charge in [0.15, 0.2) is 0 Å². The number of aryl methyl sites for hydroxylation is 1. The molecule has 2 N–H and O–H groups in total. The maximum atomic E-state index is 12.9. The van der Waals surface area contributed by atoms with Crippen LogP contribution in [0, 0.1) is 6.92 Å². The molecule has 0 radical (unpaired) electrons. The zero-order valence-electron chi connectivity index (χ0n) is 18.5. The molecule has 2 aliphatic rings. The van der Waals surface area contributed by atoms with Crippen molar-refractivity contribution in [1.82, 2.24) is 10.3 Å². The molecule has 2 aromatic carbocycles. The first-order valence-corrected chi connectivity index (χ1v) is 10.8. The molecule has 0 bridgehead atoms. The van der Waals surface area contributed by atoms with Crippen molar-refractivity contribution >= 4 is 17.5 Å². The van der Waals surface area contributed by atoms with E-state index in [9.17, 15) is 22.8 Å². The number of amides is 2. The summed E-state index contributed by atoms with van der Waals surface area (Å²) < 4.78 is 50.4. The molecule has 7 nitrogen and oxygen atoms in total. The van der Waals surface area contributed by atoms with E-state index in [-0.39, 0.29) is 18.1 Å². The normalized spacial score (nSPS) is 19.1. The molecule has 1 saturated heterocycles. The van der Waals surface area contributed by atoms with Crippen LogP contribution in [0.2, 0.25) is 0 Å². The summed E-state index contributed by atoms with van der Waals surface area (Å²) in [5.74, 6) is -0.500. The number of nitrogens with one attached hydrogen (secondary N) is 2. The van der Waals surface area contributed by atoms with E-state index in [4.69, 9.17) is 9.47 Å². The molecule has 1 atom stereocenters. The minimum atomic E-state index is -4.65. The van der Waals surface area contributed by atoms with Gasteiger partial charge in [0, 0.05) is 23.9 Å². The molecule has 0 saturated carbocycles. The molecule has 10 heteroatoms. The third kappa shape index (κ3) is 4.44. The van der Waals surface area contributed by atoms with Gasteiger partial charge >= 0.3 is 6.18 Å². The Morgan fingerprint density at radius 1 is 1.11 bits per heavy atom. The molecular weight excluding hydrogens is 463 g/mol. The highest BCUT2D eigenvalue weighted by molar-refractivity contribution is 6.04. The standard InChI is InChI=1S/C25H20F3N3O4/c1-14-2-4-17(30-22(32)16-6-8-29-21(11-16)25(26,27)28)12-19(14)15-3-5-18-20(10-15)35-24(31-23(18)33)7-9-34-13-24/h2-6,8,10-12H,7,9,13H2,1H3,(H,30,32)(H,31,33). The smallest absolute Gasteiger partial charge is 0.433 e. The molecule has 5 rings (SSSR count). The number of hydrogen-bond acceptors (Lipinski definition) is 5. The molecule has 1 spiro atoms. The number of rotatable bonds is 3. The quantitative estimate of drug-likeness (QED) is 0.570. The second-order valence-electron chi connectivity index (χ2n) is 8.48. The van der Waals surface area contributed by atoms with Crippen LogP contribution in [0.1, 0.15) is 38.4 Å². The largest absolute Gasteiger partial charge is 0.465 e. The number of aromatic nitrogens is 1. The van der Waals surface area contributed by atoms with Gasteiger partial charge in [0.25, 0.3) is 11.8 Å². The van der Waals surface area contributed by atoms with Gasteiger partial charge in [-0.2, -0.15) is 13.2 Å². The predicted molar refractivity (Wildman–Crippen MR) is 120 cm³/mol. The molecule has 3 heterocycles. The van der Waals surface area contributed by atoms with Crippen molar-refractivity contribution < 1.29 is 32.2 Å². The van der Waals surface area contributed by atoms with Gasteiger partial charge in [-0.05, 0) is 60.0 Å². The number of hydrogen-bond donors (Lipinski definition) is 2. The number of ether oxygens (including phenoxy) is 2. The molecule has 1 unspecified atom stereocenters. The Morgan fingerprint density at radius 2 is 1.94 bits per heavy atom. The van der Waals surface area contributed by atoms with Gasteiger partial charge in [-0.25, -0.2) is 0 Å². The maximum absolute atomic E-state index is 12.9. The van der Waals surface area contributed by atoms with E-state index in [0.717, 1.165) is 22.9 Å². The summed E-state index contributed by atoms with van der Waals surface area (Å²) in [7, 11) is 0. The molecular formula is C25H20F3N3O4. The lowest BCUT2D eigenvalue weighted by Gasteiger charge is -2.35. The predicted octanol–water partition coefficient (Wildman–Crippen LogP) is 4.57. The Bertz CT molecular complexity index is 1330. The first-order chi connectivity index (χ1) is 16.6. The Hall–Kier alpha value is -3.92. The van der Waals surface area contributed by atoms with Crippen LogP contribution in [0.4, 0.5) is 18.9 Å². The van der Waals surface area contributed by atoms with Crippen molar-refractivity contribution in [3.63, 3.8) is 0 Å². The van der Waals surface area contributed by atoms with Crippen LogP contribution in [0.3, 0.4) is 0 Å². The molecule has 2 amide bonds. The minimum Gasteiger partial charge on any atom is -0.465 e. The fraction of sp³-hybridized carbons (Fsp3) is 0.240. The fourth-order valence-corrected chi connectivity index (χ4v) is 4.14. The third-order valence-corrected chi connectivity index (χ3v) is 5.98. The number of nitrogens with zero attached hydrogens (tertiary/aromatic N) is 1. The molecule has 0 aliphatic carbocycles. The van der Waals surface area contributed by atoms with Crippen molar-refractivity contribution in [1.29, 1.82) is 0 Å². The van der Waals surface area contributed by atoms with Crippen LogP contribution in [0.15, 0.2) is 54.7 Å². The van der Waals surface area contributed by atoms with Crippen molar-refractivity contribution in [3.8, 4) is 16.9 Å². The van der Waals surface area contributed by atoms with Crippen LogP contribution in [0.5, 0.6) is 5.75 Å². The van der Waals surface area contributed by atoms with Crippen molar-refractivity contribution in [2.45, 2.75) is 25.2 Å². The van der Waals surface area contributed by atoms with Crippen LogP contribution >= 0.6 is 0 Å². The first-order valence-electron chi connectivity index (χ1n) is 10.8. The summed E-state index contributed by atoms with van der Waals surface area (Å²) in [6.45, 7) is 2.63. The Balaban J connectivity index is 1.43. The Labute approximate surface area is 198 Å². The first kappa shape index (κ1) is 22.9. The topological polar surface area (TPSA) is 89.6 Å². The highest BCUT2D eigenvalue weighted by Gasteiger charge is 2.43. The average molecular weight is 483 g/mol. The van der Waals surface area contributed by atoms with Gasteiger partial charge < -0.3 is 20.1 Å². The van der Waals surface area contributed by atoms with Crippen LogP contribution < -0.4 is 15.4 Å². The van der Waals surface area contributed by atoms with Gasteiger partial charge in [0.2, 0.25) is 5.72 Å². The number of anilines is 1. The van der Waals surface area contributed by atoms with E-state index in [2.05, 4.69) is 15.6 Å². The van der Waals surface area contributed by atoms with E-state index in [1.54, 1.807) is 36.4 Å². The molecule has 180 valence electrons. The lowest BCUT2D eigenvalue weighted by molar-refractivity contribution is -0.141. The van der Waals surface area contributed by atoms with Gasteiger partial charge in [-0.3, -0.25) is 14.6 Å². The Kier molecular flexibility index (Phi) is 5.47. The third-order valence-electron chi connectivity index (χ3n) is 5.98. The van der Waals surface area contributed by atoms with Gasteiger partial charge in [0.1, 0.15) is 18.1 Å². The zero-order chi connectivity index (χ0) is 24.8. The molecule has 35 heavy (non-hydrogen) atoms. The highest BCUT2D eigenvalue weighted by atomic mass is 19.4. The fourth-order valence-electron chi connectivity index (χ4n) is 4.14. The van der Waals surface area contributed by atoms with E-state index in [1.807, 2.05) is 6.92 Å². The zero-order valence-corrected chi connectivity index (χ0v) is 18.5. The molecule has 1 aromatic heterocycles. The summed E-state index contributed by atoms with van der Waals surface area (Å²) in [4.78, 5) is 28.5. The van der Waals surface area contributed by atoms with Crippen molar-refractivity contribution in [2.75, 3.05) is 18.5 Å². The van der Waals surface area contributed by atoms with E-state index < -0.39 is 23.5 Å². The van der Waals surface area contributed by atoms with E-state index in [1.165, 1.54) is 6.07 Å². The van der Waals surface area contributed by atoms with Gasteiger partial charge in [-0.15, -0.1) is 0 Å². The summed E-state index contributed by atoms with van der Waals surface area (Å²) in [5.41, 5.74) is 1.04. The van der Waals surface area contributed by atoms with Crippen molar-refractivity contribution in [2.24, 2.45) is 0 Å². The SMILES string of the molecule is Cc1ccc(NC(=O)c2ccnc(C(F)(F)F)c2)cc1-c1ccc2c(c1)OC1(CCOC1)NC2=O. The summed E-state index contributed by atoms with van der Waals surface area (Å²) in [5, 5.41) is 5.51. The summed E-state index contributed by atoms with van der Waals surface area (Å²) >= 11 is 0. The van der Waals surface area contributed by atoms with Crippen molar-refractivity contribution in [3.05, 3.63) is 77.1 Å². The minimum absolute atomic E-state index is 0.160. The number of carbonyl (C=O) groups excluding carboxylic acids is 2. The average Bonchev–Trinajstić information content (AvgIpc) is 3.26. The number of benzene rings is 2. The Morgan fingerprint density at radius 3 is 2.69 bits per heavy atom. The van der Waals surface area contributed by atoms with Gasteiger partial charge in [0.05, 0.1) is 12.2 Å². The highest BCUT2D eigenvalue weighted by Crippen LogP contribution is 2.37.